The standard InChI is InChI=1S/C15H24N2O2/c18-14(17-12-1-2-13(17)4-3-12)16-11-5-7-15(8-6-11)9-19-10-15/h11-13H,1-10H2,(H,16,18). The molecule has 3 saturated heterocycles. The van der Waals surface area contributed by atoms with Gasteiger partial charge in [0.15, 0.2) is 0 Å². The molecular weight excluding hydrogens is 240 g/mol. The van der Waals surface area contributed by atoms with Crippen LogP contribution in [0.3, 0.4) is 0 Å². The molecule has 1 aliphatic carbocycles. The summed E-state index contributed by atoms with van der Waals surface area (Å²) in [5, 5.41) is 3.29. The van der Waals surface area contributed by atoms with Gasteiger partial charge in [-0.25, -0.2) is 4.79 Å². The van der Waals surface area contributed by atoms with Gasteiger partial charge in [-0.05, 0) is 51.4 Å². The number of amides is 2. The third kappa shape index (κ3) is 1.95. The number of hydrogen-bond donors (Lipinski definition) is 1. The van der Waals surface area contributed by atoms with Gasteiger partial charge < -0.3 is 15.0 Å². The van der Waals surface area contributed by atoms with Gasteiger partial charge in [0, 0.05) is 23.5 Å². The van der Waals surface area contributed by atoms with Crippen LogP contribution in [-0.2, 0) is 4.74 Å². The maximum atomic E-state index is 12.4. The average molecular weight is 264 g/mol. The summed E-state index contributed by atoms with van der Waals surface area (Å²) in [6.45, 7) is 1.90. The second kappa shape index (κ2) is 4.37. The Morgan fingerprint density at radius 1 is 1.00 bits per heavy atom. The molecule has 4 rings (SSSR count). The van der Waals surface area contributed by atoms with Gasteiger partial charge in [0.2, 0.25) is 0 Å². The van der Waals surface area contributed by atoms with E-state index in [9.17, 15) is 4.79 Å². The molecule has 0 aromatic heterocycles. The van der Waals surface area contributed by atoms with Crippen LogP contribution in [0.15, 0.2) is 0 Å². The predicted octanol–water partition coefficient (Wildman–Crippen LogP) is 2.28. The van der Waals surface area contributed by atoms with Crippen LogP contribution >= 0.6 is 0 Å². The van der Waals surface area contributed by atoms with Crippen molar-refractivity contribution in [2.45, 2.75) is 69.5 Å². The summed E-state index contributed by atoms with van der Waals surface area (Å²) >= 11 is 0. The second-order valence-electron chi connectivity index (χ2n) is 7.09. The van der Waals surface area contributed by atoms with Crippen LogP contribution in [0.4, 0.5) is 4.79 Å². The molecular formula is C15H24N2O2. The molecule has 0 radical (unpaired) electrons. The van der Waals surface area contributed by atoms with E-state index in [0.717, 1.165) is 26.1 Å². The Balaban J connectivity index is 1.31. The van der Waals surface area contributed by atoms with Crippen LogP contribution in [0.25, 0.3) is 0 Å². The van der Waals surface area contributed by atoms with Crippen LogP contribution in [0, 0.1) is 5.41 Å². The summed E-state index contributed by atoms with van der Waals surface area (Å²) in [6, 6.07) is 1.70. The number of fused-ring (bicyclic) bond motifs is 2. The summed E-state index contributed by atoms with van der Waals surface area (Å²) in [7, 11) is 0. The van der Waals surface area contributed by atoms with Gasteiger partial charge in [-0.3, -0.25) is 0 Å². The highest BCUT2D eigenvalue weighted by Crippen LogP contribution is 2.42. The van der Waals surface area contributed by atoms with Crippen molar-refractivity contribution >= 4 is 6.03 Å². The van der Waals surface area contributed by atoms with E-state index in [0.29, 0.717) is 23.5 Å². The minimum atomic E-state index is 0.218. The number of carbonyl (C=O) groups excluding carboxylic acids is 1. The Bertz CT molecular complexity index is 350. The third-order valence-electron chi connectivity index (χ3n) is 5.88. The van der Waals surface area contributed by atoms with Gasteiger partial charge >= 0.3 is 6.03 Å². The summed E-state index contributed by atoms with van der Waals surface area (Å²) in [6.07, 6.45) is 9.63. The fraction of sp³-hybridized carbons (Fsp3) is 0.933. The SMILES string of the molecule is O=C(NC1CCC2(CC1)COC2)N1C2CCC1CC2. The molecule has 4 aliphatic rings. The van der Waals surface area contributed by atoms with Crippen LogP contribution in [0.1, 0.15) is 51.4 Å². The van der Waals surface area contributed by atoms with Gasteiger partial charge in [-0.15, -0.1) is 0 Å². The van der Waals surface area contributed by atoms with E-state index in [2.05, 4.69) is 10.2 Å². The van der Waals surface area contributed by atoms with Crippen LogP contribution < -0.4 is 5.32 Å². The molecule has 0 aromatic carbocycles. The molecule has 3 aliphatic heterocycles. The quantitative estimate of drug-likeness (QED) is 0.789. The Morgan fingerprint density at radius 3 is 2.05 bits per heavy atom. The Hall–Kier alpha value is -0.770. The summed E-state index contributed by atoms with van der Waals surface area (Å²) in [5.74, 6) is 0. The first-order chi connectivity index (χ1) is 9.26. The highest BCUT2D eigenvalue weighted by atomic mass is 16.5. The van der Waals surface area contributed by atoms with E-state index in [1.165, 1.54) is 38.5 Å². The van der Waals surface area contributed by atoms with Crippen molar-refractivity contribution in [2.75, 3.05) is 13.2 Å². The van der Waals surface area contributed by atoms with Crippen molar-refractivity contribution in [1.82, 2.24) is 10.2 Å². The first-order valence-corrected chi connectivity index (χ1v) is 7.92. The molecule has 19 heavy (non-hydrogen) atoms. The minimum Gasteiger partial charge on any atom is -0.380 e. The van der Waals surface area contributed by atoms with Gasteiger partial charge in [0.25, 0.3) is 0 Å². The van der Waals surface area contributed by atoms with Crippen molar-refractivity contribution in [2.24, 2.45) is 5.41 Å². The zero-order chi connectivity index (χ0) is 12.9. The normalized spacial score (nSPS) is 36.5. The molecule has 4 heteroatoms. The number of rotatable bonds is 1. The van der Waals surface area contributed by atoms with Gasteiger partial charge in [0.05, 0.1) is 13.2 Å². The summed E-state index contributed by atoms with van der Waals surface area (Å²) in [5.41, 5.74) is 0.480. The van der Waals surface area contributed by atoms with Gasteiger partial charge in [-0.2, -0.15) is 0 Å². The minimum absolute atomic E-state index is 0.218. The van der Waals surface area contributed by atoms with E-state index >= 15 is 0 Å². The lowest BCUT2D eigenvalue weighted by atomic mass is 9.71. The first kappa shape index (κ1) is 12.0. The second-order valence-corrected chi connectivity index (χ2v) is 7.09. The van der Waals surface area contributed by atoms with Crippen LogP contribution in [0.5, 0.6) is 0 Å². The lowest BCUT2D eigenvalue weighted by Crippen LogP contribution is -2.52. The first-order valence-electron chi connectivity index (χ1n) is 7.92. The molecule has 0 unspecified atom stereocenters. The van der Waals surface area contributed by atoms with Crippen molar-refractivity contribution in [3.63, 3.8) is 0 Å². The average Bonchev–Trinajstić information content (AvgIpc) is 2.97. The van der Waals surface area contributed by atoms with Crippen molar-refractivity contribution in [1.29, 1.82) is 0 Å². The maximum Gasteiger partial charge on any atom is 0.318 e. The molecule has 4 nitrogen and oxygen atoms in total. The fourth-order valence-corrected chi connectivity index (χ4v) is 4.55. The van der Waals surface area contributed by atoms with Crippen LogP contribution in [-0.4, -0.2) is 42.3 Å². The van der Waals surface area contributed by atoms with Gasteiger partial charge in [-0.1, -0.05) is 0 Å². The monoisotopic (exact) mass is 264 g/mol. The number of ether oxygens (including phenoxy) is 1. The van der Waals surface area contributed by atoms with E-state index in [1.807, 2.05) is 0 Å². The molecule has 0 aromatic rings. The molecule has 3 heterocycles. The van der Waals surface area contributed by atoms with E-state index in [1.54, 1.807) is 0 Å². The molecule has 0 atom stereocenters. The molecule has 2 amide bonds. The molecule has 1 N–H and O–H groups in total. The number of nitrogens with zero attached hydrogens (tertiary/aromatic N) is 1. The Kier molecular flexibility index (Phi) is 2.76. The molecule has 1 saturated carbocycles. The zero-order valence-electron chi connectivity index (χ0n) is 11.6. The van der Waals surface area contributed by atoms with Gasteiger partial charge in [0.1, 0.15) is 0 Å². The van der Waals surface area contributed by atoms with Crippen molar-refractivity contribution in [3.8, 4) is 0 Å². The van der Waals surface area contributed by atoms with E-state index in [-0.39, 0.29) is 6.03 Å². The smallest absolute Gasteiger partial charge is 0.318 e. The lowest BCUT2D eigenvalue weighted by molar-refractivity contribution is -0.133. The molecule has 2 bridgehead atoms. The molecule has 106 valence electrons. The highest BCUT2D eigenvalue weighted by Gasteiger charge is 2.44. The fourth-order valence-electron chi connectivity index (χ4n) is 4.55. The van der Waals surface area contributed by atoms with Crippen LogP contribution in [0.2, 0.25) is 0 Å². The highest BCUT2D eigenvalue weighted by molar-refractivity contribution is 5.76. The molecule has 4 fully saturated rings. The largest absolute Gasteiger partial charge is 0.380 e. The topological polar surface area (TPSA) is 41.6 Å². The summed E-state index contributed by atoms with van der Waals surface area (Å²) < 4.78 is 5.35. The Morgan fingerprint density at radius 2 is 1.58 bits per heavy atom. The van der Waals surface area contributed by atoms with Crippen molar-refractivity contribution in [3.05, 3.63) is 0 Å². The molecule has 1 spiro atoms. The predicted molar refractivity (Wildman–Crippen MR) is 71.9 cm³/mol. The zero-order valence-corrected chi connectivity index (χ0v) is 11.6. The number of urea groups is 1. The Labute approximate surface area is 114 Å². The summed E-state index contributed by atoms with van der Waals surface area (Å²) in [4.78, 5) is 14.6. The maximum absolute atomic E-state index is 12.4. The number of carbonyl (C=O) groups is 1. The van der Waals surface area contributed by atoms with E-state index in [4.69, 9.17) is 4.74 Å². The lowest BCUT2D eigenvalue weighted by Gasteiger charge is -2.46. The number of hydrogen-bond acceptors (Lipinski definition) is 2. The van der Waals surface area contributed by atoms with Crippen molar-refractivity contribution < 1.29 is 9.53 Å². The third-order valence-corrected chi connectivity index (χ3v) is 5.88. The number of nitrogens with one attached hydrogen (secondary N) is 1. The van der Waals surface area contributed by atoms with E-state index < -0.39 is 0 Å².